The molecule has 4 rings (SSSR count). The Morgan fingerprint density at radius 2 is 1.81 bits per heavy atom. The van der Waals surface area contributed by atoms with Crippen molar-refractivity contribution < 1.29 is 0 Å². The van der Waals surface area contributed by atoms with Gasteiger partial charge in [0.05, 0.1) is 0 Å². The minimum absolute atomic E-state index is 0.568. The van der Waals surface area contributed by atoms with Crippen LogP contribution < -0.4 is 5.32 Å². The van der Waals surface area contributed by atoms with Gasteiger partial charge in [0, 0.05) is 44.8 Å². The summed E-state index contributed by atoms with van der Waals surface area (Å²) in [4.78, 5) is 5.35. The standard InChI is InChI=1S/C18H29N3/c1-4-19-17(12-16-14(2)6-5-7-15(16)3)18-13-20-8-10-21(18)11-9-20/h5-7,17-19H,4,8-13H2,1-3H3. The van der Waals surface area contributed by atoms with E-state index in [0.717, 1.165) is 13.0 Å². The molecule has 2 unspecified atom stereocenters. The fourth-order valence-electron chi connectivity index (χ4n) is 4.04. The summed E-state index contributed by atoms with van der Waals surface area (Å²) in [7, 11) is 0. The first kappa shape index (κ1) is 15.0. The molecular weight excluding hydrogens is 258 g/mol. The molecular formula is C18H29N3. The first-order valence-electron chi connectivity index (χ1n) is 8.44. The molecule has 1 N–H and O–H groups in total. The van der Waals surface area contributed by atoms with Gasteiger partial charge in [-0.05, 0) is 43.5 Å². The van der Waals surface area contributed by atoms with Gasteiger partial charge in [0.2, 0.25) is 0 Å². The number of hydrogen-bond donors (Lipinski definition) is 1. The number of benzene rings is 1. The molecule has 3 fully saturated rings. The van der Waals surface area contributed by atoms with Crippen LogP contribution in [0.1, 0.15) is 23.6 Å². The molecule has 3 saturated heterocycles. The van der Waals surface area contributed by atoms with E-state index in [2.05, 4.69) is 54.1 Å². The van der Waals surface area contributed by atoms with E-state index in [-0.39, 0.29) is 0 Å². The first-order chi connectivity index (χ1) is 10.2. The van der Waals surface area contributed by atoms with Crippen LogP contribution in [0.4, 0.5) is 0 Å². The smallest absolute Gasteiger partial charge is 0.0380 e. The minimum Gasteiger partial charge on any atom is -0.312 e. The Hall–Kier alpha value is -0.900. The second-order valence-electron chi connectivity index (χ2n) is 6.64. The molecule has 2 bridgehead atoms. The number of rotatable bonds is 5. The summed E-state index contributed by atoms with van der Waals surface area (Å²) < 4.78 is 0. The van der Waals surface area contributed by atoms with Gasteiger partial charge in [-0.25, -0.2) is 0 Å². The molecule has 0 aromatic heterocycles. The van der Waals surface area contributed by atoms with Gasteiger partial charge >= 0.3 is 0 Å². The lowest BCUT2D eigenvalue weighted by Gasteiger charge is -2.50. The van der Waals surface area contributed by atoms with Gasteiger partial charge < -0.3 is 5.32 Å². The summed E-state index contributed by atoms with van der Waals surface area (Å²) in [6.45, 7) is 14.1. The van der Waals surface area contributed by atoms with Crippen LogP contribution in [0.2, 0.25) is 0 Å². The third-order valence-corrected chi connectivity index (χ3v) is 5.32. The summed E-state index contributed by atoms with van der Waals surface area (Å²) in [5.41, 5.74) is 4.42. The number of nitrogens with zero attached hydrogens (tertiary/aromatic N) is 2. The van der Waals surface area contributed by atoms with E-state index in [9.17, 15) is 0 Å². The molecule has 3 nitrogen and oxygen atoms in total. The fraction of sp³-hybridized carbons (Fsp3) is 0.667. The molecule has 3 aliphatic heterocycles. The van der Waals surface area contributed by atoms with Crippen molar-refractivity contribution >= 4 is 0 Å². The fourth-order valence-corrected chi connectivity index (χ4v) is 4.04. The number of fused-ring (bicyclic) bond motifs is 3. The molecule has 2 atom stereocenters. The molecule has 21 heavy (non-hydrogen) atoms. The molecule has 0 amide bonds. The maximum atomic E-state index is 3.77. The maximum absolute atomic E-state index is 3.77. The van der Waals surface area contributed by atoms with Crippen LogP contribution in [0.5, 0.6) is 0 Å². The summed E-state index contributed by atoms with van der Waals surface area (Å²) >= 11 is 0. The Bertz CT molecular complexity index is 457. The summed E-state index contributed by atoms with van der Waals surface area (Å²) in [5, 5.41) is 3.77. The largest absolute Gasteiger partial charge is 0.312 e. The molecule has 3 heteroatoms. The summed E-state index contributed by atoms with van der Waals surface area (Å²) in [5.74, 6) is 0. The Labute approximate surface area is 129 Å². The van der Waals surface area contributed by atoms with E-state index in [0.29, 0.717) is 12.1 Å². The summed E-state index contributed by atoms with van der Waals surface area (Å²) in [6.07, 6.45) is 1.15. The summed E-state index contributed by atoms with van der Waals surface area (Å²) in [6, 6.07) is 7.92. The molecule has 1 aromatic carbocycles. The van der Waals surface area contributed by atoms with E-state index in [1.165, 1.54) is 43.9 Å². The highest BCUT2D eigenvalue weighted by molar-refractivity contribution is 5.34. The number of aryl methyl sites for hydroxylation is 2. The average Bonchev–Trinajstić information content (AvgIpc) is 2.51. The van der Waals surface area contributed by atoms with Gasteiger partial charge in [0.25, 0.3) is 0 Å². The van der Waals surface area contributed by atoms with Crippen LogP contribution in [0.25, 0.3) is 0 Å². The van der Waals surface area contributed by atoms with Crippen molar-refractivity contribution in [1.29, 1.82) is 0 Å². The van der Waals surface area contributed by atoms with Gasteiger partial charge in [-0.1, -0.05) is 25.1 Å². The van der Waals surface area contributed by atoms with E-state index in [1.54, 1.807) is 5.56 Å². The molecule has 0 radical (unpaired) electrons. The van der Waals surface area contributed by atoms with Gasteiger partial charge in [-0.3, -0.25) is 9.80 Å². The molecule has 3 heterocycles. The lowest BCUT2D eigenvalue weighted by Crippen LogP contribution is -2.66. The van der Waals surface area contributed by atoms with Crippen molar-refractivity contribution in [3.63, 3.8) is 0 Å². The Balaban J connectivity index is 1.78. The zero-order chi connectivity index (χ0) is 14.8. The first-order valence-corrected chi connectivity index (χ1v) is 8.44. The maximum Gasteiger partial charge on any atom is 0.0380 e. The Morgan fingerprint density at radius 3 is 2.33 bits per heavy atom. The van der Waals surface area contributed by atoms with Gasteiger partial charge in [0.1, 0.15) is 0 Å². The average molecular weight is 287 g/mol. The van der Waals surface area contributed by atoms with E-state index >= 15 is 0 Å². The normalized spacial score (nSPS) is 29.6. The van der Waals surface area contributed by atoms with Gasteiger partial charge in [-0.2, -0.15) is 0 Å². The monoisotopic (exact) mass is 287 g/mol. The highest BCUT2D eigenvalue weighted by Crippen LogP contribution is 2.23. The molecule has 0 spiro atoms. The zero-order valence-electron chi connectivity index (χ0n) is 13.7. The van der Waals surface area contributed by atoms with E-state index in [4.69, 9.17) is 0 Å². The van der Waals surface area contributed by atoms with Crippen molar-refractivity contribution in [2.24, 2.45) is 0 Å². The number of hydrogen-bond acceptors (Lipinski definition) is 3. The molecule has 0 saturated carbocycles. The number of nitrogens with one attached hydrogen (secondary N) is 1. The second kappa shape index (κ2) is 6.47. The van der Waals surface area contributed by atoms with Gasteiger partial charge in [-0.15, -0.1) is 0 Å². The van der Waals surface area contributed by atoms with E-state index in [1.807, 2.05) is 0 Å². The van der Waals surface area contributed by atoms with Crippen molar-refractivity contribution in [3.8, 4) is 0 Å². The quantitative estimate of drug-likeness (QED) is 0.891. The Kier molecular flexibility index (Phi) is 4.63. The third kappa shape index (κ3) is 3.15. The van der Waals surface area contributed by atoms with Crippen molar-refractivity contribution in [3.05, 3.63) is 34.9 Å². The van der Waals surface area contributed by atoms with Crippen molar-refractivity contribution in [2.75, 3.05) is 39.3 Å². The highest BCUT2D eigenvalue weighted by atomic mass is 15.4. The molecule has 3 aliphatic rings. The van der Waals surface area contributed by atoms with Crippen LogP contribution in [0.3, 0.4) is 0 Å². The molecule has 116 valence electrons. The highest BCUT2D eigenvalue weighted by Gasteiger charge is 2.36. The van der Waals surface area contributed by atoms with Gasteiger partial charge in [0.15, 0.2) is 0 Å². The third-order valence-electron chi connectivity index (χ3n) is 5.32. The zero-order valence-corrected chi connectivity index (χ0v) is 13.7. The van der Waals surface area contributed by atoms with Crippen LogP contribution in [0.15, 0.2) is 18.2 Å². The van der Waals surface area contributed by atoms with Crippen molar-refractivity contribution in [2.45, 2.75) is 39.3 Å². The van der Waals surface area contributed by atoms with Crippen molar-refractivity contribution in [1.82, 2.24) is 15.1 Å². The van der Waals surface area contributed by atoms with Crippen LogP contribution in [-0.2, 0) is 6.42 Å². The Morgan fingerprint density at radius 1 is 1.14 bits per heavy atom. The SMILES string of the molecule is CCNC(Cc1c(C)cccc1C)C1CN2CCN1CC2. The predicted molar refractivity (Wildman–Crippen MR) is 88.9 cm³/mol. The predicted octanol–water partition coefficient (Wildman–Crippen LogP) is 1.82. The minimum atomic E-state index is 0.568. The van der Waals surface area contributed by atoms with Crippen LogP contribution in [-0.4, -0.2) is 61.2 Å². The van der Waals surface area contributed by atoms with Crippen LogP contribution >= 0.6 is 0 Å². The molecule has 0 aliphatic carbocycles. The van der Waals surface area contributed by atoms with Crippen LogP contribution in [0, 0.1) is 13.8 Å². The number of likely N-dealkylation sites (N-methyl/N-ethyl adjacent to an activating group) is 1. The van der Waals surface area contributed by atoms with E-state index < -0.39 is 0 Å². The number of piperazine rings is 3. The topological polar surface area (TPSA) is 18.5 Å². The second-order valence-corrected chi connectivity index (χ2v) is 6.64. The lowest BCUT2D eigenvalue weighted by atomic mass is 9.90. The lowest BCUT2D eigenvalue weighted by molar-refractivity contribution is -0.00292. The molecule has 1 aromatic rings.